The van der Waals surface area contributed by atoms with E-state index < -0.39 is 10.0 Å². The zero-order valence-corrected chi connectivity index (χ0v) is 13.7. The summed E-state index contributed by atoms with van der Waals surface area (Å²) in [5.41, 5.74) is 0. The topological polar surface area (TPSA) is 79.5 Å². The lowest BCUT2D eigenvalue weighted by Crippen LogP contribution is -2.35. The number of furan rings is 1. The van der Waals surface area contributed by atoms with Crippen LogP contribution in [0.5, 0.6) is 0 Å². The van der Waals surface area contributed by atoms with Crippen molar-refractivity contribution in [3.8, 4) is 0 Å². The molecule has 1 fully saturated rings. The highest BCUT2D eigenvalue weighted by Crippen LogP contribution is 2.27. The van der Waals surface area contributed by atoms with E-state index in [1.807, 2.05) is 0 Å². The second-order valence-corrected chi connectivity index (χ2v) is 7.57. The van der Waals surface area contributed by atoms with Crippen LogP contribution in [0.25, 0.3) is 0 Å². The highest BCUT2D eigenvalue weighted by molar-refractivity contribution is 9.10. The fourth-order valence-electron chi connectivity index (χ4n) is 2.52. The number of hydrogen-bond acceptors (Lipinski definition) is 4. The Morgan fingerprint density at radius 3 is 2.40 bits per heavy atom. The van der Waals surface area contributed by atoms with E-state index >= 15 is 0 Å². The van der Waals surface area contributed by atoms with Gasteiger partial charge in [0.15, 0.2) is 4.67 Å². The molecule has 0 bridgehead atoms. The van der Waals surface area contributed by atoms with E-state index in [0.29, 0.717) is 0 Å². The molecule has 1 aromatic heterocycles. The molecule has 0 atom stereocenters. The van der Waals surface area contributed by atoms with Crippen LogP contribution in [0.4, 0.5) is 0 Å². The van der Waals surface area contributed by atoms with Gasteiger partial charge in [-0.3, -0.25) is 0 Å². The van der Waals surface area contributed by atoms with Gasteiger partial charge in [-0.15, -0.1) is 0 Å². The van der Waals surface area contributed by atoms with Crippen molar-refractivity contribution in [2.24, 2.45) is 0 Å². The SMILES string of the molecule is O=S(=O)(NC1CCCCCCC1)c1cc(CO)oc1Br. The average molecular weight is 366 g/mol. The van der Waals surface area contributed by atoms with Gasteiger partial charge >= 0.3 is 0 Å². The fraction of sp³-hybridized carbons (Fsp3) is 0.692. The van der Waals surface area contributed by atoms with Crippen molar-refractivity contribution >= 4 is 26.0 Å². The van der Waals surface area contributed by atoms with Gasteiger partial charge in [-0.2, -0.15) is 0 Å². The third-order valence-electron chi connectivity index (χ3n) is 3.58. The fourth-order valence-corrected chi connectivity index (χ4v) is 4.82. The number of aliphatic hydroxyl groups is 1. The molecule has 5 nitrogen and oxygen atoms in total. The monoisotopic (exact) mass is 365 g/mol. The third-order valence-corrected chi connectivity index (χ3v) is 5.96. The van der Waals surface area contributed by atoms with E-state index in [2.05, 4.69) is 20.7 Å². The molecule has 0 amide bonds. The molecule has 0 unspecified atom stereocenters. The average Bonchev–Trinajstić information content (AvgIpc) is 2.75. The molecule has 1 saturated carbocycles. The highest BCUT2D eigenvalue weighted by Gasteiger charge is 2.25. The molecule has 7 heteroatoms. The Bertz CT molecular complexity index is 533. The zero-order valence-electron chi connectivity index (χ0n) is 11.3. The van der Waals surface area contributed by atoms with Crippen LogP contribution in [0.2, 0.25) is 0 Å². The lowest BCUT2D eigenvalue weighted by molar-refractivity contribution is 0.245. The summed E-state index contributed by atoms with van der Waals surface area (Å²) in [4.78, 5) is 0.0589. The Morgan fingerprint density at radius 1 is 1.25 bits per heavy atom. The summed E-state index contributed by atoms with van der Waals surface area (Å²) in [6.07, 6.45) is 7.45. The van der Waals surface area contributed by atoms with E-state index in [4.69, 9.17) is 9.52 Å². The molecule has 0 aliphatic heterocycles. The predicted molar refractivity (Wildman–Crippen MR) is 78.8 cm³/mol. The van der Waals surface area contributed by atoms with Crippen molar-refractivity contribution in [3.63, 3.8) is 0 Å². The lowest BCUT2D eigenvalue weighted by Gasteiger charge is -2.20. The number of rotatable bonds is 4. The first-order valence-electron chi connectivity index (χ1n) is 6.94. The van der Waals surface area contributed by atoms with Crippen LogP contribution in [0, 0.1) is 0 Å². The standard InChI is InChI=1S/C13H20BrNO4S/c14-13-12(8-11(9-16)19-13)20(17,18)15-10-6-4-2-1-3-5-7-10/h8,10,15-16H,1-7,9H2. The molecule has 0 radical (unpaired) electrons. The zero-order chi connectivity index (χ0) is 14.6. The quantitative estimate of drug-likeness (QED) is 0.859. The van der Waals surface area contributed by atoms with Gasteiger partial charge in [0, 0.05) is 12.1 Å². The van der Waals surface area contributed by atoms with Crippen molar-refractivity contribution in [2.75, 3.05) is 0 Å². The van der Waals surface area contributed by atoms with Crippen LogP contribution >= 0.6 is 15.9 Å². The first kappa shape index (κ1) is 16.0. The molecular weight excluding hydrogens is 346 g/mol. The summed E-state index contributed by atoms with van der Waals surface area (Å²) < 4.78 is 32.8. The van der Waals surface area contributed by atoms with Gasteiger partial charge in [0.25, 0.3) is 0 Å². The van der Waals surface area contributed by atoms with Gasteiger partial charge in [-0.1, -0.05) is 32.1 Å². The maximum absolute atomic E-state index is 12.4. The van der Waals surface area contributed by atoms with Crippen molar-refractivity contribution < 1.29 is 17.9 Å². The molecule has 0 spiro atoms. The molecule has 1 heterocycles. The second kappa shape index (κ2) is 7.06. The number of nitrogens with one attached hydrogen (secondary N) is 1. The van der Waals surface area contributed by atoms with Gasteiger partial charge < -0.3 is 9.52 Å². The number of halogens is 1. The summed E-state index contributed by atoms with van der Waals surface area (Å²) in [6.45, 7) is -0.322. The smallest absolute Gasteiger partial charge is 0.245 e. The lowest BCUT2D eigenvalue weighted by atomic mass is 9.97. The highest BCUT2D eigenvalue weighted by atomic mass is 79.9. The van der Waals surface area contributed by atoms with Crippen LogP contribution in [-0.4, -0.2) is 19.6 Å². The van der Waals surface area contributed by atoms with Crippen molar-refractivity contribution in [3.05, 3.63) is 16.5 Å². The summed E-state index contributed by atoms with van der Waals surface area (Å²) >= 11 is 3.09. The van der Waals surface area contributed by atoms with Crippen molar-refractivity contribution in [1.82, 2.24) is 4.72 Å². The van der Waals surface area contributed by atoms with Crippen molar-refractivity contribution in [2.45, 2.75) is 62.5 Å². The van der Waals surface area contributed by atoms with Gasteiger partial charge in [0.1, 0.15) is 17.3 Å². The maximum atomic E-state index is 12.4. The van der Waals surface area contributed by atoms with Crippen LogP contribution in [0.15, 0.2) is 20.0 Å². The summed E-state index contributed by atoms with van der Waals surface area (Å²) in [7, 11) is -3.61. The van der Waals surface area contributed by atoms with Crippen LogP contribution in [-0.2, 0) is 16.6 Å². The summed E-state index contributed by atoms with van der Waals surface area (Å²) in [5.74, 6) is 0.231. The molecule has 1 aliphatic rings. The molecule has 1 aromatic rings. The minimum atomic E-state index is -3.61. The van der Waals surface area contributed by atoms with Crippen LogP contribution in [0.1, 0.15) is 50.7 Å². The van der Waals surface area contributed by atoms with E-state index in [9.17, 15) is 8.42 Å². The number of sulfonamides is 1. The molecule has 2 rings (SSSR count). The Morgan fingerprint density at radius 2 is 1.85 bits per heavy atom. The van der Waals surface area contributed by atoms with Gasteiger partial charge in [-0.25, -0.2) is 13.1 Å². The number of aliphatic hydroxyl groups excluding tert-OH is 1. The summed E-state index contributed by atoms with van der Waals surface area (Å²) in [6, 6.07) is 1.34. The van der Waals surface area contributed by atoms with E-state index in [1.165, 1.54) is 25.3 Å². The van der Waals surface area contributed by atoms with Gasteiger partial charge in [-0.05, 0) is 28.8 Å². The van der Waals surface area contributed by atoms with E-state index in [1.54, 1.807) is 0 Å². The Hall–Kier alpha value is -0.370. The molecule has 114 valence electrons. The Labute approximate surface area is 127 Å². The Balaban J connectivity index is 2.10. The molecule has 0 saturated heterocycles. The normalized spacial score (nSPS) is 18.7. The minimum absolute atomic E-state index is 0.0142. The predicted octanol–water partition coefficient (Wildman–Crippen LogP) is 2.93. The molecule has 1 aliphatic carbocycles. The van der Waals surface area contributed by atoms with E-state index in [0.717, 1.165) is 25.7 Å². The first-order chi connectivity index (χ1) is 9.53. The van der Waals surface area contributed by atoms with Crippen LogP contribution in [0.3, 0.4) is 0 Å². The molecule has 20 heavy (non-hydrogen) atoms. The molecular formula is C13H20BrNO4S. The van der Waals surface area contributed by atoms with Gasteiger partial charge in [0.05, 0.1) is 0 Å². The van der Waals surface area contributed by atoms with Crippen molar-refractivity contribution in [1.29, 1.82) is 0 Å². The minimum Gasteiger partial charge on any atom is -0.450 e. The van der Waals surface area contributed by atoms with Crippen LogP contribution < -0.4 is 4.72 Å². The number of hydrogen-bond donors (Lipinski definition) is 2. The summed E-state index contributed by atoms with van der Waals surface area (Å²) in [5, 5.41) is 9.00. The first-order valence-corrected chi connectivity index (χ1v) is 9.22. The largest absolute Gasteiger partial charge is 0.450 e. The molecule has 2 N–H and O–H groups in total. The van der Waals surface area contributed by atoms with Gasteiger partial charge in [0.2, 0.25) is 10.0 Å². The maximum Gasteiger partial charge on any atom is 0.245 e. The van der Waals surface area contributed by atoms with E-state index in [-0.39, 0.29) is 28.0 Å². The second-order valence-electron chi connectivity index (χ2n) is 5.17. The Kier molecular flexibility index (Phi) is 5.65. The third kappa shape index (κ3) is 4.07. The molecule has 0 aromatic carbocycles.